The average Bonchev–Trinajstić information content (AvgIpc) is 2.37. The Hall–Kier alpha value is -1.11. The first kappa shape index (κ1) is 15.3. The first-order valence-electron chi connectivity index (χ1n) is 6.75. The van der Waals surface area contributed by atoms with E-state index in [0.717, 1.165) is 11.1 Å². The van der Waals surface area contributed by atoms with Crippen LogP contribution in [0.5, 0.6) is 5.75 Å². The molecule has 0 amide bonds. The zero-order chi connectivity index (χ0) is 14.9. The molecule has 0 saturated carbocycles. The lowest BCUT2D eigenvalue weighted by molar-refractivity contribution is 0.283. The smallest absolute Gasteiger partial charge is 0.243 e. The Morgan fingerprint density at radius 2 is 1.90 bits per heavy atom. The predicted octanol–water partition coefficient (Wildman–Crippen LogP) is 1.29. The fourth-order valence-electron chi connectivity index (χ4n) is 2.73. The summed E-state index contributed by atoms with van der Waals surface area (Å²) in [4.78, 5) is 0.409. The molecule has 1 N–H and O–H groups in total. The molecule has 0 aromatic heterocycles. The van der Waals surface area contributed by atoms with Crippen molar-refractivity contribution in [3.63, 3.8) is 0 Å². The molecule has 5 nitrogen and oxygen atoms in total. The zero-order valence-corrected chi connectivity index (χ0v) is 13.3. The van der Waals surface area contributed by atoms with Crippen molar-refractivity contribution < 1.29 is 13.2 Å². The highest BCUT2D eigenvalue weighted by Crippen LogP contribution is 2.29. The van der Waals surface area contributed by atoms with Crippen LogP contribution < -0.4 is 10.1 Å². The van der Waals surface area contributed by atoms with Gasteiger partial charge in [0.1, 0.15) is 5.75 Å². The van der Waals surface area contributed by atoms with E-state index >= 15 is 0 Å². The van der Waals surface area contributed by atoms with Crippen LogP contribution in [0.2, 0.25) is 0 Å². The normalized spacial score (nSPS) is 20.9. The lowest BCUT2D eigenvalue weighted by Gasteiger charge is -2.33. The van der Waals surface area contributed by atoms with Crippen molar-refractivity contribution in [2.45, 2.75) is 31.7 Å². The van der Waals surface area contributed by atoms with Crippen LogP contribution in [-0.4, -0.2) is 45.5 Å². The van der Waals surface area contributed by atoms with E-state index in [1.807, 2.05) is 20.8 Å². The van der Waals surface area contributed by atoms with E-state index in [1.165, 1.54) is 0 Å². The molecule has 20 heavy (non-hydrogen) atoms. The molecule has 1 aliphatic rings. The molecule has 0 unspecified atom stereocenters. The number of methoxy groups -OCH3 is 1. The van der Waals surface area contributed by atoms with Gasteiger partial charge in [0.25, 0.3) is 0 Å². The van der Waals surface area contributed by atoms with Gasteiger partial charge in [-0.2, -0.15) is 4.31 Å². The Morgan fingerprint density at radius 3 is 2.40 bits per heavy atom. The van der Waals surface area contributed by atoms with Gasteiger partial charge in [0.05, 0.1) is 12.0 Å². The molecule has 0 spiro atoms. The molecule has 1 aromatic rings. The van der Waals surface area contributed by atoms with Gasteiger partial charge in [-0.05, 0) is 44.0 Å². The molecule has 0 aliphatic carbocycles. The third-order valence-electron chi connectivity index (χ3n) is 3.68. The number of benzene rings is 1. The van der Waals surface area contributed by atoms with Crippen molar-refractivity contribution >= 4 is 10.0 Å². The Morgan fingerprint density at radius 1 is 1.30 bits per heavy atom. The lowest BCUT2D eigenvalue weighted by Crippen LogP contribution is -2.52. The molecule has 1 heterocycles. The monoisotopic (exact) mass is 298 g/mol. The minimum Gasteiger partial charge on any atom is -0.497 e. The molecule has 0 radical (unpaired) electrons. The number of rotatable bonds is 3. The van der Waals surface area contributed by atoms with Crippen LogP contribution in [0.4, 0.5) is 0 Å². The van der Waals surface area contributed by atoms with E-state index < -0.39 is 10.0 Å². The van der Waals surface area contributed by atoms with Gasteiger partial charge in [-0.15, -0.1) is 0 Å². The van der Waals surface area contributed by atoms with Crippen molar-refractivity contribution in [3.8, 4) is 5.75 Å². The van der Waals surface area contributed by atoms with Gasteiger partial charge in [0.15, 0.2) is 0 Å². The molecule has 1 fully saturated rings. The summed E-state index contributed by atoms with van der Waals surface area (Å²) < 4.78 is 32.6. The number of nitrogens with zero attached hydrogens (tertiary/aromatic N) is 1. The highest BCUT2D eigenvalue weighted by atomic mass is 32.2. The molecule has 0 bridgehead atoms. The minimum absolute atomic E-state index is 0.0327. The largest absolute Gasteiger partial charge is 0.497 e. The first-order chi connectivity index (χ1) is 9.37. The third kappa shape index (κ3) is 2.68. The Kier molecular flexibility index (Phi) is 4.36. The lowest BCUT2D eigenvalue weighted by atomic mass is 10.1. The molecular formula is C14H22N2O3S. The van der Waals surface area contributed by atoms with E-state index in [0.29, 0.717) is 30.3 Å². The Bertz CT molecular complexity index is 575. The number of ether oxygens (including phenoxy) is 1. The number of hydrogen-bond acceptors (Lipinski definition) is 4. The number of piperazine rings is 1. The van der Waals surface area contributed by atoms with E-state index in [1.54, 1.807) is 23.5 Å². The molecular weight excluding hydrogens is 276 g/mol. The first-order valence-corrected chi connectivity index (χ1v) is 8.19. The van der Waals surface area contributed by atoms with Gasteiger partial charge in [0, 0.05) is 25.7 Å². The van der Waals surface area contributed by atoms with Gasteiger partial charge in [-0.3, -0.25) is 0 Å². The van der Waals surface area contributed by atoms with Crippen molar-refractivity contribution in [2.75, 3.05) is 26.7 Å². The summed E-state index contributed by atoms with van der Waals surface area (Å²) in [7, 11) is -1.88. The van der Waals surface area contributed by atoms with Gasteiger partial charge < -0.3 is 10.1 Å². The van der Waals surface area contributed by atoms with Crippen LogP contribution in [0.25, 0.3) is 0 Å². The number of hydrogen-bond donors (Lipinski definition) is 1. The zero-order valence-electron chi connectivity index (χ0n) is 12.4. The van der Waals surface area contributed by atoms with Gasteiger partial charge in [-0.25, -0.2) is 8.42 Å². The highest BCUT2D eigenvalue weighted by molar-refractivity contribution is 7.89. The summed E-state index contributed by atoms with van der Waals surface area (Å²) >= 11 is 0. The second-order valence-electron chi connectivity index (χ2n) is 5.26. The SMILES string of the molecule is COc1cc(C)c(S(=O)(=O)N2CCNC[C@H]2C)c(C)c1. The van der Waals surface area contributed by atoms with Crippen LogP contribution in [0, 0.1) is 13.8 Å². The fraction of sp³-hybridized carbons (Fsp3) is 0.571. The van der Waals surface area contributed by atoms with Gasteiger partial charge >= 0.3 is 0 Å². The average molecular weight is 298 g/mol. The van der Waals surface area contributed by atoms with Crippen LogP contribution in [0.15, 0.2) is 17.0 Å². The quantitative estimate of drug-likeness (QED) is 0.913. The summed E-state index contributed by atoms with van der Waals surface area (Å²) in [5, 5.41) is 3.21. The second-order valence-corrected chi connectivity index (χ2v) is 7.09. The van der Waals surface area contributed by atoms with Crippen molar-refractivity contribution in [3.05, 3.63) is 23.3 Å². The maximum absolute atomic E-state index is 12.9. The summed E-state index contributed by atoms with van der Waals surface area (Å²) in [5.41, 5.74) is 1.46. The van der Waals surface area contributed by atoms with E-state index in [9.17, 15) is 8.42 Å². The van der Waals surface area contributed by atoms with Crippen LogP contribution in [0.1, 0.15) is 18.1 Å². The van der Waals surface area contributed by atoms with Gasteiger partial charge in [-0.1, -0.05) is 0 Å². The number of nitrogens with one attached hydrogen (secondary N) is 1. The van der Waals surface area contributed by atoms with Crippen LogP contribution in [0.3, 0.4) is 0 Å². The molecule has 6 heteroatoms. The molecule has 2 rings (SSSR count). The molecule has 1 aromatic carbocycles. The van der Waals surface area contributed by atoms with Crippen LogP contribution in [-0.2, 0) is 10.0 Å². The Labute approximate surface area is 121 Å². The molecule has 1 saturated heterocycles. The maximum atomic E-state index is 12.9. The fourth-order valence-corrected chi connectivity index (χ4v) is 4.78. The summed E-state index contributed by atoms with van der Waals surface area (Å²) in [5.74, 6) is 0.687. The summed E-state index contributed by atoms with van der Waals surface area (Å²) in [6.07, 6.45) is 0. The highest BCUT2D eigenvalue weighted by Gasteiger charge is 2.33. The minimum atomic E-state index is -3.46. The molecule has 1 atom stereocenters. The Balaban J connectivity index is 2.49. The van der Waals surface area contributed by atoms with Crippen LogP contribution >= 0.6 is 0 Å². The van der Waals surface area contributed by atoms with Crippen molar-refractivity contribution in [1.82, 2.24) is 9.62 Å². The van der Waals surface area contributed by atoms with Crippen molar-refractivity contribution in [1.29, 1.82) is 0 Å². The maximum Gasteiger partial charge on any atom is 0.243 e. The summed E-state index contributed by atoms with van der Waals surface area (Å²) in [6, 6.07) is 3.51. The predicted molar refractivity (Wildman–Crippen MR) is 78.7 cm³/mol. The van der Waals surface area contributed by atoms with E-state index in [-0.39, 0.29) is 6.04 Å². The topological polar surface area (TPSA) is 58.6 Å². The van der Waals surface area contributed by atoms with Gasteiger partial charge in [0.2, 0.25) is 10.0 Å². The number of aryl methyl sites for hydroxylation is 2. The molecule has 112 valence electrons. The standard InChI is InChI=1S/C14H22N2O3S/c1-10-7-13(19-4)8-11(2)14(10)20(17,18)16-6-5-15-9-12(16)3/h7-8,12,15H,5-6,9H2,1-4H3/t12-/m1/s1. The van der Waals surface area contributed by atoms with Crippen molar-refractivity contribution in [2.24, 2.45) is 0 Å². The summed E-state index contributed by atoms with van der Waals surface area (Å²) in [6.45, 7) is 7.45. The third-order valence-corrected chi connectivity index (χ3v) is 6.00. The molecule has 1 aliphatic heterocycles. The van der Waals surface area contributed by atoms with E-state index in [2.05, 4.69) is 5.32 Å². The second kappa shape index (κ2) is 5.71. The number of sulfonamides is 1. The van der Waals surface area contributed by atoms with E-state index in [4.69, 9.17) is 4.74 Å².